The number of fused-ring (bicyclic) bond motifs is 1. The van der Waals surface area contributed by atoms with Gasteiger partial charge in [0.1, 0.15) is 0 Å². The highest BCUT2D eigenvalue weighted by Gasteiger charge is 2.10. The Kier molecular flexibility index (Phi) is 2.61. The van der Waals surface area contributed by atoms with Gasteiger partial charge in [0, 0.05) is 16.1 Å². The van der Waals surface area contributed by atoms with Crippen LogP contribution in [-0.4, -0.2) is 11.5 Å². The third-order valence-electron chi connectivity index (χ3n) is 2.58. The molecule has 3 N–H and O–H groups in total. The summed E-state index contributed by atoms with van der Waals surface area (Å²) >= 11 is 3.52. The Balaban J connectivity index is 2.63. The van der Waals surface area contributed by atoms with Crippen LogP contribution in [-0.2, 0) is 0 Å². The number of aromatic nitrogens is 1. The summed E-state index contributed by atoms with van der Waals surface area (Å²) < 4.78 is 1.10. The van der Waals surface area contributed by atoms with Crippen molar-refractivity contribution in [2.24, 2.45) is 5.73 Å². The molecule has 0 amide bonds. The summed E-state index contributed by atoms with van der Waals surface area (Å²) in [6.07, 6.45) is 2.05. The maximum absolute atomic E-state index is 5.67. The van der Waals surface area contributed by atoms with E-state index in [4.69, 9.17) is 5.73 Å². The second-order valence-electron chi connectivity index (χ2n) is 3.54. The van der Waals surface area contributed by atoms with Crippen molar-refractivity contribution in [1.29, 1.82) is 0 Å². The molecule has 0 saturated heterocycles. The normalized spacial score (nSPS) is 13.4. The molecule has 74 valence electrons. The summed E-state index contributed by atoms with van der Waals surface area (Å²) in [4.78, 5) is 3.27. The SMILES string of the molecule is CC(CN)c1c[nH]c2c(Br)cccc12. The summed E-state index contributed by atoms with van der Waals surface area (Å²) in [6, 6.07) is 6.21. The maximum atomic E-state index is 5.67. The standard InChI is InChI=1S/C11H13BrN2/c1-7(5-13)9-6-14-11-8(9)3-2-4-10(11)12/h2-4,6-7,14H,5,13H2,1H3. The van der Waals surface area contributed by atoms with E-state index in [2.05, 4.69) is 33.9 Å². The zero-order chi connectivity index (χ0) is 10.1. The minimum Gasteiger partial charge on any atom is -0.360 e. The minimum absolute atomic E-state index is 0.401. The molecule has 0 aliphatic rings. The lowest BCUT2D eigenvalue weighted by atomic mass is 10.0. The summed E-state index contributed by atoms with van der Waals surface area (Å²) in [5.41, 5.74) is 8.12. The summed E-state index contributed by atoms with van der Waals surface area (Å²) in [6.45, 7) is 2.82. The number of benzene rings is 1. The lowest BCUT2D eigenvalue weighted by molar-refractivity contribution is 0.780. The van der Waals surface area contributed by atoms with Crippen LogP contribution in [0.25, 0.3) is 10.9 Å². The summed E-state index contributed by atoms with van der Waals surface area (Å²) in [7, 11) is 0. The van der Waals surface area contributed by atoms with Gasteiger partial charge < -0.3 is 10.7 Å². The molecule has 0 fully saturated rings. The van der Waals surface area contributed by atoms with E-state index in [1.54, 1.807) is 0 Å². The molecule has 1 atom stereocenters. The van der Waals surface area contributed by atoms with Crippen molar-refractivity contribution in [3.05, 3.63) is 34.4 Å². The zero-order valence-electron chi connectivity index (χ0n) is 8.05. The Morgan fingerprint density at radius 1 is 1.50 bits per heavy atom. The molecule has 1 aromatic carbocycles. The molecule has 0 radical (unpaired) electrons. The molecule has 0 spiro atoms. The second-order valence-corrected chi connectivity index (χ2v) is 4.40. The summed E-state index contributed by atoms with van der Waals surface area (Å²) in [5.74, 6) is 0.401. The number of para-hydroxylation sites is 1. The molecule has 1 unspecified atom stereocenters. The monoisotopic (exact) mass is 252 g/mol. The van der Waals surface area contributed by atoms with Crippen LogP contribution in [0.15, 0.2) is 28.9 Å². The van der Waals surface area contributed by atoms with E-state index in [1.165, 1.54) is 10.9 Å². The van der Waals surface area contributed by atoms with Crippen LogP contribution >= 0.6 is 15.9 Å². The fourth-order valence-electron chi connectivity index (χ4n) is 1.67. The first-order valence-electron chi connectivity index (χ1n) is 4.69. The Hall–Kier alpha value is -0.800. The number of hydrogen-bond acceptors (Lipinski definition) is 1. The Morgan fingerprint density at radius 3 is 3.00 bits per heavy atom. The van der Waals surface area contributed by atoms with E-state index in [0.29, 0.717) is 12.5 Å². The molecule has 0 saturated carbocycles. The number of H-pyrrole nitrogens is 1. The van der Waals surface area contributed by atoms with Crippen molar-refractivity contribution in [2.45, 2.75) is 12.8 Å². The van der Waals surface area contributed by atoms with Crippen LogP contribution in [0.2, 0.25) is 0 Å². The second kappa shape index (κ2) is 3.75. The van der Waals surface area contributed by atoms with Gasteiger partial charge in [-0.3, -0.25) is 0 Å². The van der Waals surface area contributed by atoms with Gasteiger partial charge in [-0.1, -0.05) is 19.1 Å². The van der Waals surface area contributed by atoms with E-state index in [0.717, 1.165) is 9.99 Å². The third kappa shape index (κ3) is 1.47. The molecule has 2 aromatic rings. The molecule has 0 aliphatic carbocycles. The van der Waals surface area contributed by atoms with Gasteiger partial charge in [0.2, 0.25) is 0 Å². The Morgan fingerprint density at radius 2 is 2.29 bits per heavy atom. The van der Waals surface area contributed by atoms with Crippen molar-refractivity contribution >= 4 is 26.8 Å². The van der Waals surface area contributed by atoms with Crippen molar-refractivity contribution in [3.63, 3.8) is 0 Å². The lowest BCUT2D eigenvalue weighted by Gasteiger charge is -2.06. The van der Waals surface area contributed by atoms with Gasteiger partial charge in [0.05, 0.1) is 5.52 Å². The quantitative estimate of drug-likeness (QED) is 0.848. The van der Waals surface area contributed by atoms with Crippen molar-refractivity contribution in [1.82, 2.24) is 4.98 Å². The molecule has 2 rings (SSSR count). The van der Waals surface area contributed by atoms with Gasteiger partial charge in [-0.25, -0.2) is 0 Å². The van der Waals surface area contributed by atoms with Gasteiger partial charge in [-0.15, -0.1) is 0 Å². The summed E-state index contributed by atoms with van der Waals surface area (Å²) in [5, 5.41) is 1.26. The van der Waals surface area contributed by atoms with E-state index >= 15 is 0 Å². The number of nitrogens with one attached hydrogen (secondary N) is 1. The van der Waals surface area contributed by atoms with E-state index < -0.39 is 0 Å². The van der Waals surface area contributed by atoms with E-state index in [9.17, 15) is 0 Å². The van der Waals surface area contributed by atoms with E-state index in [1.807, 2.05) is 18.3 Å². The molecule has 2 nitrogen and oxygen atoms in total. The van der Waals surface area contributed by atoms with Crippen LogP contribution in [0.1, 0.15) is 18.4 Å². The van der Waals surface area contributed by atoms with Gasteiger partial charge in [0.25, 0.3) is 0 Å². The van der Waals surface area contributed by atoms with Gasteiger partial charge >= 0.3 is 0 Å². The Labute approximate surface area is 91.6 Å². The average molecular weight is 253 g/mol. The third-order valence-corrected chi connectivity index (χ3v) is 3.24. The van der Waals surface area contributed by atoms with Crippen LogP contribution in [0.5, 0.6) is 0 Å². The largest absolute Gasteiger partial charge is 0.360 e. The average Bonchev–Trinajstić information content (AvgIpc) is 2.62. The molecule has 1 aromatic heterocycles. The number of aromatic amines is 1. The number of halogens is 1. The minimum atomic E-state index is 0.401. The molecule has 1 heterocycles. The van der Waals surface area contributed by atoms with Crippen LogP contribution in [0.4, 0.5) is 0 Å². The number of hydrogen-bond donors (Lipinski definition) is 2. The van der Waals surface area contributed by atoms with Gasteiger partial charge in [-0.05, 0) is 40.0 Å². The van der Waals surface area contributed by atoms with Crippen molar-refractivity contribution < 1.29 is 0 Å². The van der Waals surface area contributed by atoms with Crippen LogP contribution in [0, 0.1) is 0 Å². The first-order valence-corrected chi connectivity index (χ1v) is 5.49. The fraction of sp³-hybridized carbons (Fsp3) is 0.273. The van der Waals surface area contributed by atoms with Crippen LogP contribution < -0.4 is 5.73 Å². The number of nitrogens with two attached hydrogens (primary N) is 1. The molecule has 14 heavy (non-hydrogen) atoms. The van der Waals surface area contributed by atoms with Crippen LogP contribution in [0.3, 0.4) is 0 Å². The lowest BCUT2D eigenvalue weighted by Crippen LogP contribution is -2.08. The van der Waals surface area contributed by atoms with E-state index in [-0.39, 0.29) is 0 Å². The zero-order valence-corrected chi connectivity index (χ0v) is 9.64. The first kappa shape index (κ1) is 9.74. The van der Waals surface area contributed by atoms with Crippen molar-refractivity contribution in [3.8, 4) is 0 Å². The highest BCUT2D eigenvalue weighted by molar-refractivity contribution is 9.10. The maximum Gasteiger partial charge on any atom is 0.0601 e. The smallest absolute Gasteiger partial charge is 0.0601 e. The first-order chi connectivity index (χ1) is 6.74. The topological polar surface area (TPSA) is 41.8 Å². The molecule has 3 heteroatoms. The molecular weight excluding hydrogens is 240 g/mol. The fourth-order valence-corrected chi connectivity index (χ4v) is 2.15. The molecule has 0 bridgehead atoms. The predicted molar refractivity (Wildman–Crippen MR) is 63.5 cm³/mol. The highest BCUT2D eigenvalue weighted by atomic mass is 79.9. The number of rotatable bonds is 2. The highest BCUT2D eigenvalue weighted by Crippen LogP contribution is 2.29. The van der Waals surface area contributed by atoms with Gasteiger partial charge in [0.15, 0.2) is 0 Å². The van der Waals surface area contributed by atoms with Gasteiger partial charge in [-0.2, -0.15) is 0 Å². The molecule has 0 aliphatic heterocycles. The van der Waals surface area contributed by atoms with Crippen molar-refractivity contribution in [2.75, 3.05) is 6.54 Å². The molecular formula is C11H13BrN2. The Bertz CT molecular complexity index is 447. The predicted octanol–water partition coefficient (Wildman–Crippen LogP) is 2.99.